The van der Waals surface area contributed by atoms with Gasteiger partial charge < -0.3 is 10.2 Å². The molecule has 0 unspecified atom stereocenters. The second kappa shape index (κ2) is 7.83. The van der Waals surface area contributed by atoms with Crippen molar-refractivity contribution < 1.29 is 4.79 Å². The fourth-order valence-electron chi connectivity index (χ4n) is 4.58. The Kier molecular flexibility index (Phi) is 5.28. The minimum atomic E-state index is 0.249. The number of pyridine rings is 2. The highest BCUT2D eigenvalue weighted by Crippen LogP contribution is 2.26. The molecule has 144 valence electrons. The fourth-order valence-corrected chi connectivity index (χ4v) is 4.58. The molecular formula is C22H30N4O. The zero-order valence-electron chi connectivity index (χ0n) is 16.5. The smallest absolute Gasteiger partial charge is 0.220 e. The van der Waals surface area contributed by atoms with Crippen LogP contribution in [0.2, 0.25) is 0 Å². The molecule has 1 saturated heterocycles. The molecule has 2 aliphatic rings. The first-order valence-corrected chi connectivity index (χ1v) is 10.4. The number of rotatable bonds is 4. The van der Waals surface area contributed by atoms with E-state index < -0.39 is 0 Å². The summed E-state index contributed by atoms with van der Waals surface area (Å²) in [6.07, 6.45) is 7.62. The number of aromatic nitrogens is 2. The van der Waals surface area contributed by atoms with Crippen LogP contribution in [-0.4, -0.2) is 35.0 Å². The topological polar surface area (TPSA) is 58.1 Å². The second-order valence-corrected chi connectivity index (χ2v) is 8.30. The largest absolute Gasteiger partial charge is 0.357 e. The van der Waals surface area contributed by atoms with Gasteiger partial charge in [-0.15, -0.1) is 0 Å². The number of nitrogens with one attached hydrogen (secondary N) is 1. The summed E-state index contributed by atoms with van der Waals surface area (Å²) in [5.74, 6) is 1.75. The molecular weight excluding hydrogens is 336 g/mol. The molecule has 2 aromatic rings. The Morgan fingerprint density at radius 2 is 1.85 bits per heavy atom. The normalized spacial score (nSPS) is 19.0. The molecule has 0 spiro atoms. The van der Waals surface area contributed by atoms with Crippen LogP contribution in [0, 0.1) is 19.8 Å². The quantitative estimate of drug-likeness (QED) is 0.891. The van der Waals surface area contributed by atoms with E-state index in [0.29, 0.717) is 18.4 Å². The molecule has 1 aliphatic heterocycles. The first-order chi connectivity index (χ1) is 13.1. The summed E-state index contributed by atoms with van der Waals surface area (Å²) < 4.78 is 0. The van der Waals surface area contributed by atoms with Crippen LogP contribution in [0.15, 0.2) is 18.2 Å². The summed E-state index contributed by atoms with van der Waals surface area (Å²) >= 11 is 0. The van der Waals surface area contributed by atoms with Gasteiger partial charge in [0, 0.05) is 36.6 Å². The maximum Gasteiger partial charge on any atom is 0.220 e. The van der Waals surface area contributed by atoms with Crippen molar-refractivity contribution in [3.63, 3.8) is 0 Å². The second-order valence-electron chi connectivity index (χ2n) is 8.30. The van der Waals surface area contributed by atoms with Gasteiger partial charge in [-0.2, -0.15) is 0 Å². The molecule has 1 saturated carbocycles. The Morgan fingerprint density at radius 1 is 1.11 bits per heavy atom. The summed E-state index contributed by atoms with van der Waals surface area (Å²) in [5.41, 5.74) is 3.07. The minimum Gasteiger partial charge on any atom is -0.357 e. The van der Waals surface area contributed by atoms with Crippen molar-refractivity contribution in [2.45, 2.75) is 64.8 Å². The lowest BCUT2D eigenvalue weighted by Gasteiger charge is -2.32. The van der Waals surface area contributed by atoms with E-state index in [0.717, 1.165) is 61.3 Å². The molecule has 1 amide bonds. The summed E-state index contributed by atoms with van der Waals surface area (Å²) in [4.78, 5) is 24.0. The Morgan fingerprint density at radius 3 is 2.59 bits per heavy atom. The van der Waals surface area contributed by atoms with Crippen molar-refractivity contribution in [3.8, 4) is 0 Å². The standard InChI is InChI=1S/C22H30N4O/c1-15-13-16(2)23-22-19(15)7-8-20(25-22)26-11-9-17(10-12-26)14-21(27)24-18-5-3-4-6-18/h7-8,13,17-18H,3-6,9-12,14H2,1-2H3,(H,24,27). The number of hydrogen-bond acceptors (Lipinski definition) is 4. The lowest BCUT2D eigenvalue weighted by Crippen LogP contribution is -2.38. The summed E-state index contributed by atoms with van der Waals surface area (Å²) in [6.45, 7) is 6.05. The zero-order valence-corrected chi connectivity index (χ0v) is 16.5. The zero-order chi connectivity index (χ0) is 18.8. The predicted octanol–water partition coefficient (Wildman–Crippen LogP) is 3.91. The van der Waals surface area contributed by atoms with Crippen LogP contribution in [0.4, 0.5) is 5.82 Å². The van der Waals surface area contributed by atoms with Gasteiger partial charge in [-0.3, -0.25) is 4.79 Å². The van der Waals surface area contributed by atoms with Crippen molar-refractivity contribution in [1.29, 1.82) is 0 Å². The number of nitrogens with zero attached hydrogens (tertiary/aromatic N) is 3. The van der Waals surface area contributed by atoms with E-state index in [1.165, 1.54) is 18.4 Å². The van der Waals surface area contributed by atoms with Gasteiger partial charge in [0.25, 0.3) is 0 Å². The number of hydrogen-bond donors (Lipinski definition) is 1. The number of carbonyl (C=O) groups is 1. The van der Waals surface area contributed by atoms with Crippen molar-refractivity contribution in [2.24, 2.45) is 5.92 Å². The molecule has 0 radical (unpaired) electrons. The average molecular weight is 367 g/mol. The molecule has 1 aliphatic carbocycles. The molecule has 0 aromatic carbocycles. The van der Waals surface area contributed by atoms with Gasteiger partial charge in [0.1, 0.15) is 5.82 Å². The highest BCUT2D eigenvalue weighted by Gasteiger charge is 2.24. The third-order valence-corrected chi connectivity index (χ3v) is 6.13. The third-order valence-electron chi connectivity index (χ3n) is 6.13. The van der Waals surface area contributed by atoms with Crippen LogP contribution in [-0.2, 0) is 4.79 Å². The average Bonchev–Trinajstić information content (AvgIpc) is 3.14. The molecule has 0 atom stereocenters. The molecule has 3 heterocycles. The van der Waals surface area contributed by atoms with E-state index >= 15 is 0 Å². The third kappa shape index (κ3) is 4.23. The summed E-state index contributed by atoms with van der Waals surface area (Å²) in [7, 11) is 0. The van der Waals surface area contributed by atoms with Crippen LogP contribution in [0.5, 0.6) is 0 Å². The predicted molar refractivity (Wildman–Crippen MR) is 109 cm³/mol. The molecule has 0 bridgehead atoms. The number of fused-ring (bicyclic) bond motifs is 1. The Bertz CT molecular complexity index is 820. The molecule has 5 nitrogen and oxygen atoms in total. The van der Waals surface area contributed by atoms with Crippen LogP contribution in [0.3, 0.4) is 0 Å². The van der Waals surface area contributed by atoms with E-state index in [1.807, 2.05) is 6.92 Å². The van der Waals surface area contributed by atoms with Crippen LogP contribution in [0.1, 0.15) is 56.2 Å². The Hall–Kier alpha value is -2.17. The first-order valence-electron chi connectivity index (χ1n) is 10.4. The van der Waals surface area contributed by atoms with Crippen molar-refractivity contribution in [1.82, 2.24) is 15.3 Å². The van der Waals surface area contributed by atoms with E-state index in [1.54, 1.807) is 0 Å². The highest BCUT2D eigenvalue weighted by atomic mass is 16.1. The van der Waals surface area contributed by atoms with E-state index in [2.05, 4.69) is 40.3 Å². The van der Waals surface area contributed by atoms with Gasteiger partial charge in [0.2, 0.25) is 5.91 Å². The number of piperidine rings is 1. The lowest BCUT2D eigenvalue weighted by atomic mass is 9.93. The molecule has 5 heteroatoms. The molecule has 4 rings (SSSR count). The van der Waals surface area contributed by atoms with Gasteiger partial charge in [-0.25, -0.2) is 9.97 Å². The maximum atomic E-state index is 12.3. The monoisotopic (exact) mass is 366 g/mol. The Balaban J connectivity index is 1.34. The molecule has 2 aromatic heterocycles. The van der Waals surface area contributed by atoms with E-state index in [4.69, 9.17) is 4.98 Å². The molecule has 2 fully saturated rings. The maximum absolute atomic E-state index is 12.3. The lowest BCUT2D eigenvalue weighted by molar-refractivity contribution is -0.122. The first kappa shape index (κ1) is 18.2. The van der Waals surface area contributed by atoms with Crippen molar-refractivity contribution in [2.75, 3.05) is 18.0 Å². The van der Waals surface area contributed by atoms with Gasteiger partial charge in [-0.05, 0) is 69.2 Å². The van der Waals surface area contributed by atoms with Gasteiger partial charge in [0.05, 0.1) is 0 Å². The van der Waals surface area contributed by atoms with E-state index in [9.17, 15) is 4.79 Å². The highest BCUT2D eigenvalue weighted by molar-refractivity contribution is 5.80. The van der Waals surface area contributed by atoms with Crippen LogP contribution >= 0.6 is 0 Å². The number of aryl methyl sites for hydroxylation is 2. The van der Waals surface area contributed by atoms with E-state index in [-0.39, 0.29) is 5.91 Å². The van der Waals surface area contributed by atoms with Gasteiger partial charge in [-0.1, -0.05) is 12.8 Å². The van der Waals surface area contributed by atoms with Crippen LogP contribution in [0.25, 0.3) is 11.0 Å². The summed E-state index contributed by atoms with van der Waals surface area (Å²) in [6, 6.07) is 6.78. The minimum absolute atomic E-state index is 0.249. The van der Waals surface area contributed by atoms with Gasteiger partial charge >= 0.3 is 0 Å². The summed E-state index contributed by atoms with van der Waals surface area (Å²) in [5, 5.41) is 4.35. The molecule has 27 heavy (non-hydrogen) atoms. The van der Waals surface area contributed by atoms with Gasteiger partial charge in [0.15, 0.2) is 5.65 Å². The number of anilines is 1. The Labute approximate surface area is 161 Å². The van der Waals surface area contributed by atoms with Crippen molar-refractivity contribution >= 4 is 22.8 Å². The van der Waals surface area contributed by atoms with Crippen LogP contribution < -0.4 is 10.2 Å². The van der Waals surface area contributed by atoms with Crippen molar-refractivity contribution in [3.05, 3.63) is 29.5 Å². The number of amides is 1. The SMILES string of the molecule is Cc1cc(C)c2ccc(N3CCC(CC(=O)NC4CCCC4)CC3)nc2n1. The number of carbonyl (C=O) groups excluding carboxylic acids is 1. The fraction of sp³-hybridized carbons (Fsp3) is 0.591. The molecule has 1 N–H and O–H groups in total.